The smallest absolute Gasteiger partial charge is 0.00243 e. The minimum absolute atomic E-state index is 0.735. The van der Waals surface area contributed by atoms with Crippen LogP contribution in [0.2, 0.25) is 0 Å². The summed E-state index contributed by atoms with van der Waals surface area (Å²) in [5.74, 6) is 2.88. The third-order valence-electron chi connectivity index (χ3n) is 3.57. The number of nitrogens with two attached hydrogens (primary N) is 1. The summed E-state index contributed by atoms with van der Waals surface area (Å²) in [7, 11) is 0. The van der Waals surface area contributed by atoms with Gasteiger partial charge in [-0.2, -0.15) is 11.8 Å². The molecule has 1 heterocycles. The van der Waals surface area contributed by atoms with Gasteiger partial charge in [0.1, 0.15) is 0 Å². The molecule has 2 nitrogen and oxygen atoms in total. The highest BCUT2D eigenvalue weighted by Gasteiger charge is 2.24. The number of hydrogen-bond acceptors (Lipinski definition) is 3. The number of piperidine rings is 1. The minimum Gasteiger partial charge on any atom is -0.330 e. The van der Waals surface area contributed by atoms with Crippen molar-refractivity contribution in [3.05, 3.63) is 0 Å². The second kappa shape index (κ2) is 7.53. The molecular weight excluding hydrogens is 204 g/mol. The Balaban J connectivity index is 2.14. The van der Waals surface area contributed by atoms with E-state index < -0.39 is 0 Å². The molecular formula is C12H26N2S. The first-order valence-electron chi connectivity index (χ1n) is 6.19. The maximum absolute atomic E-state index is 5.80. The Morgan fingerprint density at radius 1 is 1.40 bits per heavy atom. The summed E-state index contributed by atoms with van der Waals surface area (Å²) in [5, 5.41) is 0. The fraction of sp³-hybridized carbons (Fsp3) is 1.00. The zero-order valence-electron chi connectivity index (χ0n) is 10.2. The summed E-state index contributed by atoms with van der Waals surface area (Å²) < 4.78 is 0. The van der Waals surface area contributed by atoms with Crippen LogP contribution in [0.25, 0.3) is 0 Å². The quantitative estimate of drug-likeness (QED) is 0.708. The molecule has 0 bridgehead atoms. The average molecular weight is 230 g/mol. The van der Waals surface area contributed by atoms with Crippen molar-refractivity contribution in [1.29, 1.82) is 0 Å². The molecule has 1 saturated heterocycles. The van der Waals surface area contributed by atoms with Crippen LogP contribution in [0.4, 0.5) is 0 Å². The van der Waals surface area contributed by atoms with E-state index in [4.69, 9.17) is 5.73 Å². The first kappa shape index (κ1) is 13.3. The van der Waals surface area contributed by atoms with Crippen LogP contribution in [0.1, 0.15) is 26.2 Å². The Labute approximate surface area is 99.0 Å². The van der Waals surface area contributed by atoms with E-state index in [1.165, 1.54) is 44.6 Å². The molecule has 0 amide bonds. The van der Waals surface area contributed by atoms with Crippen LogP contribution in [0.15, 0.2) is 0 Å². The number of thioether (sulfide) groups is 1. The zero-order chi connectivity index (χ0) is 11.1. The fourth-order valence-corrected chi connectivity index (χ4v) is 2.81. The first-order chi connectivity index (χ1) is 7.27. The normalized spacial score (nSPS) is 28.2. The van der Waals surface area contributed by atoms with Crippen molar-refractivity contribution < 1.29 is 0 Å². The Hall–Kier alpha value is 0.270. The van der Waals surface area contributed by atoms with E-state index in [1.807, 2.05) is 11.8 Å². The maximum atomic E-state index is 5.80. The van der Waals surface area contributed by atoms with Crippen molar-refractivity contribution in [2.75, 3.05) is 38.2 Å². The third kappa shape index (κ3) is 4.75. The molecule has 1 fully saturated rings. The minimum atomic E-state index is 0.735. The van der Waals surface area contributed by atoms with Crippen molar-refractivity contribution >= 4 is 11.8 Å². The molecule has 0 aromatic heterocycles. The lowest BCUT2D eigenvalue weighted by Crippen LogP contribution is -2.42. The van der Waals surface area contributed by atoms with Gasteiger partial charge in [-0.25, -0.2) is 0 Å². The summed E-state index contributed by atoms with van der Waals surface area (Å²) in [6, 6.07) is 0. The van der Waals surface area contributed by atoms with Gasteiger partial charge < -0.3 is 10.6 Å². The summed E-state index contributed by atoms with van der Waals surface area (Å²) in [6.07, 6.45) is 6.24. The van der Waals surface area contributed by atoms with Crippen LogP contribution in [-0.4, -0.2) is 43.1 Å². The second-order valence-electron chi connectivity index (χ2n) is 4.76. The van der Waals surface area contributed by atoms with Crippen LogP contribution in [0.5, 0.6) is 0 Å². The number of nitrogens with zero attached hydrogens (tertiary/aromatic N) is 1. The lowest BCUT2D eigenvalue weighted by molar-refractivity contribution is 0.131. The highest BCUT2D eigenvalue weighted by Crippen LogP contribution is 2.22. The highest BCUT2D eigenvalue weighted by atomic mass is 32.2. The van der Waals surface area contributed by atoms with Crippen molar-refractivity contribution in [2.24, 2.45) is 17.6 Å². The van der Waals surface area contributed by atoms with E-state index in [1.54, 1.807) is 0 Å². The van der Waals surface area contributed by atoms with Gasteiger partial charge in [0.2, 0.25) is 0 Å². The van der Waals surface area contributed by atoms with Gasteiger partial charge >= 0.3 is 0 Å². The summed E-state index contributed by atoms with van der Waals surface area (Å²) in [6.45, 7) is 7.02. The molecule has 0 aromatic carbocycles. The van der Waals surface area contributed by atoms with Crippen LogP contribution >= 0.6 is 11.8 Å². The van der Waals surface area contributed by atoms with Crippen LogP contribution in [0, 0.1) is 11.8 Å². The van der Waals surface area contributed by atoms with Crippen molar-refractivity contribution in [3.8, 4) is 0 Å². The van der Waals surface area contributed by atoms with Gasteiger partial charge in [0.05, 0.1) is 0 Å². The van der Waals surface area contributed by atoms with Gasteiger partial charge in [0.15, 0.2) is 0 Å². The van der Waals surface area contributed by atoms with E-state index in [0.717, 1.165) is 18.4 Å². The molecule has 0 saturated carbocycles. The Morgan fingerprint density at radius 3 is 2.87 bits per heavy atom. The SMILES string of the molecule is CSCCCCN1CCC(C)C(CN)C1. The predicted octanol–water partition coefficient (Wildman–Crippen LogP) is 2.05. The fourth-order valence-electron chi connectivity index (χ4n) is 2.32. The molecule has 2 N–H and O–H groups in total. The Morgan fingerprint density at radius 2 is 2.20 bits per heavy atom. The molecule has 2 unspecified atom stereocenters. The largest absolute Gasteiger partial charge is 0.330 e. The molecule has 0 aliphatic carbocycles. The number of likely N-dealkylation sites (tertiary alicyclic amines) is 1. The van der Waals surface area contributed by atoms with Crippen molar-refractivity contribution in [2.45, 2.75) is 26.2 Å². The van der Waals surface area contributed by atoms with Crippen LogP contribution < -0.4 is 5.73 Å². The van der Waals surface area contributed by atoms with Gasteiger partial charge in [-0.1, -0.05) is 6.92 Å². The topological polar surface area (TPSA) is 29.3 Å². The van der Waals surface area contributed by atoms with E-state index >= 15 is 0 Å². The van der Waals surface area contributed by atoms with Gasteiger partial charge in [-0.05, 0) is 62.7 Å². The standard InChI is InChI=1S/C12H26N2S/c1-11-5-7-14(10-12(11)9-13)6-3-4-8-15-2/h11-12H,3-10,13H2,1-2H3. The molecule has 1 rings (SSSR count). The molecule has 1 aliphatic heterocycles. The first-order valence-corrected chi connectivity index (χ1v) is 7.58. The predicted molar refractivity (Wildman–Crippen MR) is 70.4 cm³/mol. The van der Waals surface area contributed by atoms with E-state index in [0.29, 0.717) is 0 Å². The number of hydrogen-bond donors (Lipinski definition) is 1. The Kier molecular flexibility index (Phi) is 6.69. The summed E-state index contributed by atoms with van der Waals surface area (Å²) >= 11 is 1.96. The summed E-state index contributed by atoms with van der Waals surface area (Å²) in [4.78, 5) is 2.61. The molecule has 0 radical (unpaired) electrons. The van der Waals surface area contributed by atoms with Crippen molar-refractivity contribution in [1.82, 2.24) is 4.90 Å². The number of rotatable bonds is 6. The maximum Gasteiger partial charge on any atom is 0.00243 e. The van der Waals surface area contributed by atoms with Crippen LogP contribution in [0.3, 0.4) is 0 Å². The molecule has 15 heavy (non-hydrogen) atoms. The average Bonchev–Trinajstić information content (AvgIpc) is 2.26. The molecule has 3 heteroatoms. The molecule has 0 spiro atoms. The third-order valence-corrected chi connectivity index (χ3v) is 4.27. The monoisotopic (exact) mass is 230 g/mol. The van der Waals surface area contributed by atoms with Gasteiger partial charge in [0, 0.05) is 6.54 Å². The Bertz CT molecular complexity index is 164. The lowest BCUT2D eigenvalue weighted by atomic mass is 9.87. The highest BCUT2D eigenvalue weighted by molar-refractivity contribution is 7.98. The van der Waals surface area contributed by atoms with Crippen molar-refractivity contribution in [3.63, 3.8) is 0 Å². The van der Waals surface area contributed by atoms with E-state index in [2.05, 4.69) is 18.1 Å². The van der Waals surface area contributed by atoms with E-state index in [-0.39, 0.29) is 0 Å². The van der Waals surface area contributed by atoms with Gasteiger partial charge in [0.25, 0.3) is 0 Å². The van der Waals surface area contributed by atoms with Gasteiger partial charge in [-0.3, -0.25) is 0 Å². The lowest BCUT2D eigenvalue weighted by Gasteiger charge is -2.36. The zero-order valence-corrected chi connectivity index (χ0v) is 11.1. The molecule has 90 valence electrons. The number of unbranched alkanes of at least 4 members (excludes halogenated alkanes) is 1. The second-order valence-corrected chi connectivity index (χ2v) is 5.75. The van der Waals surface area contributed by atoms with Gasteiger partial charge in [-0.15, -0.1) is 0 Å². The van der Waals surface area contributed by atoms with Crippen LogP contribution in [-0.2, 0) is 0 Å². The molecule has 2 atom stereocenters. The summed E-state index contributed by atoms with van der Waals surface area (Å²) in [5.41, 5.74) is 5.80. The van der Waals surface area contributed by atoms with E-state index in [9.17, 15) is 0 Å². The molecule has 1 aliphatic rings. The molecule has 0 aromatic rings.